The van der Waals surface area contributed by atoms with Crippen LogP contribution >= 0.6 is 0 Å². The summed E-state index contributed by atoms with van der Waals surface area (Å²) in [5.41, 5.74) is 1.07. The monoisotopic (exact) mass is 293 g/mol. The lowest BCUT2D eigenvalue weighted by Gasteiger charge is -2.11. The van der Waals surface area contributed by atoms with E-state index in [0.717, 1.165) is 37.5 Å². The maximum atomic E-state index is 4.38. The number of unbranched alkanes of at least 4 members (excludes halogenated alkanes) is 1. The number of aliphatic imine (C=N–C) groups is 3. The zero-order valence-electron chi connectivity index (χ0n) is 14.4. The molecule has 0 amide bonds. The summed E-state index contributed by atoms with van der Waals surface area (Å²) in [6.07, 6.45) is 6.10. The molecule has 0 saturated heterocycles. The number of hydrogen-bond acceptors (Lipinski definition) is 3. The molecule has 120 valence electrons. The lowest BCUT2D eigenvalue weighted by molar-refractivity contribution is 0.666. The second-order valence-electron chi connectivity index (χ2n) is 5.29. The van der Waals surface area contributed by atoms with Crippen molar-refractivity contribution in [2.45, 2.75) is 47.5 Å². The summed E-state index contributed by atoms with van der Waals surface area (Å²) < 4.78 is 0. The van der Waals surface area contributed by atoms with E-state index in [4.69, 9.17) is 0 Å². The number of nitrogens with one attached hydrogen (secondary N) is 2. The molecule has 0 atom stereocenters. The molecule has 0 rings (SSSR count). The van der Waals surface area contributed by atoms with E-state index in [1.807, 2.05) is 27.0 Å². The lowest BCUT2D eigenvalue weighted by atomic mass is 10.2. The van der Waals surface area contributed by atoms with Crippen LogP contribution in [0.5, 0.6) is 0 Å². The molecule has 2 N–H and O–H groups in total. The summed E-state index contributed by atoms with van der Waals surface area (Å²) in [5, 5.41) is 6.38. The first kappa shape index (κ1) is 19.4. The standard InChI is InChI=1S/C16H31N5/c1-7-19-15(5)21-16(17-6)20-14(4)10-8-9-11-18-12-13(2)3/h10-11,13H,7-9,12H2,1-6H3,(H2,17,19,20,21). The summed E-state index contributed by atoms with van der Waals surface area (Å²) in [6, 6.07) is 0. The largest absolute Gasteiger partial charge is 0.330 e. The van der Waals surface area contributed by atoms with Gasteiger partial charge in [0.1, 0.15) is 0 Å². The van der Waals surface area contributed by atoms with Crippen LogP contribution in [0.4, 0.5) is 0 Å². The summed E-state index contributed by atoms with van der Waals surface area (Å²) in [6.45, 7) is 12.0. The molecule has 0 aliphatic heterocycles. The molecule has 5 heteroatoms. The van der Waals surface area contributed by atoms with Crippen molar-refractivity contribution in [2.24, 2.45) is 20.9 Å². The van der Waals surface area contributed by atoms with Gasteiger partial charge >= 0.3 is 0 Å². The SMILES string of the molecule is CCN=C(C)NC(=NC)NC(C)=CCCC=NCC(C)C. The van der Waals surface area contributed by atoms with E-state index < -0.39 is 0 Å². The fraction of sp³-hybridized carbons (Fsp3) is 0.688. The van der Waals surface area contributed by atoms with Crippen molar-refractivity contribution in [3.05, 3.63) is 11.8 Å². The van der Waals surface area contributed by atoms with Gasteiger partial charge in [-0.2, -0.15) is 0 Å². The molecule has 0 aromatic rings. The van der Waals surface area contributed by atoms with E-state index in [1.54, 1.807) is 7.05 Å². The molecule has 0 aliphatic carbocycles. The zero-order chi connectivity index (χ0) is 16.1. The van der Waals surface area contributed by atoms with Gasteiger partial charge in [0.25, 0.3) is 0 Å². The Hall–Kier alpha value is -1.65. The third kappa shape index (κ3) is 11.8. The number of guanidine groups is 1. The Labute approximate surface area is 129 Å². The first-order valence-electron chi connectivity index (χ1n) is 7.66. The minimum Gasteiger partial charge on any atom is -0.330 e. The van der Waals surface area contributed by atoms with E-state index >= 15 is 0 Å². The highest BCUT2D eigenvalue weighted by atomic mass is 15.2. The van der Waals surface area contributed by atoms with Crippen molar-refractivity contribution in [2.75, 3.05) is 20.1 Å². The molecule has 0 heterocycles. The lowest BCUT2D eigenvalue weighted by Crippen LogP contribution is -2.39. The molecule has 0 spiro atoms. The Kier molecular flexibility index (Phi) is 11.2. The first-order valence-corrected chi connectivity index (χ1v) is 7.66. The molecule has 0 aromatic heterocycles. The Morgan fingerprint density at radius 1 is 1.14 bits per heavy atom. The van der Waals surface area contributed by atoms with E-state index in [9.17, 15) is 0 Å². The minimum absolute atomic E-state index is 0.627. The van der Waals surface area contributed by atoms with Crippen LogP contribution in [0.1, 0.15) is 47.5 Å². The van der Waals surface area contributed by atoms with Crippen LogP contribution in [0.2, 0.25) is 0 Å². The van der Waals surface area contributed by atoms with Gasteiger partial charge in [0.15, 0.2) is 0 Å². The van der Waals surface area contributed by atoms with Gasteiger partial charge in [-0.3, -0.25) is 15.0 Å². The van der Waals surface area contributed by atoms with Gasteiger partial charge in [0, 0.05) is 25.8 Å². The molecule has 21 heavy (non-hydrogen) atoms. The minimum atomic E-state index is 0.627. The second kappa shape index (κ2) is 12.1. The highest BCUT2D eigenvalue weighted by molar-refractivity contribution is 5.99. The smallest absolute Gasteiger partial charge is 0.200 e. The first-order chi connectivity index (χ1) is 9.99. The van der Waals surface area contributed by atoms with Crippen LogP contribution in [-0.2, 0) is 0 Å². The molecule has 0 saturated carbocycles. The Morgan fingerprint density at radius 3 is 2.43 bits per heavy atom. The van der Waals surface area contributed by atoms with E-state index in [1.165, 1.54) is 0 Å². The van der Waals surface area contributed by atoms with Crippen LogP contribution in [0.3, 0.4) is 0 Å². The van der Waals surface area contributed by atoms with E-state index in [2.05, 4.69) is 45.5 Å². The predicted octanol–water partition coefficient (Wildman–Crippen LogP) is 3.00. The number of nitrogens with zero attached hydrogens (tertiary/aromatic N) is 3. The van der Waals surface area contributed by atoms with Gasteiger partial charge in [-0.25, -0.2) is 0 Å². The highest BCUT2D eigenvalue weighted by Crippen LogP contribution is 1.96. The van der Waals surface area contributed by atoms with Gasteiger partial charge in [-0.15, -0.1) is 0 Å². The Morgan fingerprint density at radius 2 is 1.86 bits per heavy atom. The summed E-state index contributed by atoms with van der Waals surface area (Å²) >= 11 is 0. The summed E-state index contributed by atoms with van der Waals surface area (Å²) in [4.78, 5) is 12.8. The quantitative estimate of drug-likeness (QED) is 0.430. The van der Waals surface area contributed by atoms with Crippen LogP contribution in [0.25, 0.3) is 0 Å². The normalized spacial score (nSPS) is 14.1. The van der Waals surface area contributed by atoms with Crippen LogP contribution in [0.15, 0.2) is 26.8 Å². The van der Waals surface area contributed by atoms with Crippen LogP contribution in [-0.4, -0.2) is 38.1 Å². The number of rotatable bonds is 7. The van der Waals surface area contributed by atoms with Crippen molar-refractivity contribution in [1.29, 1.82) is 0 Å². The predicted molar refractivity (Wildman–Crippen MR) is 94.5 cm³/mol. The number of hydrogen-bond donors (Lipinski definition) is 2. The van der Waals surface area contributed by atoms with Crippen molar-refractivity contribution >= 4 is 18.0 Å². The van der Waals surface area contributed by atoms with Gasteiger partial charge in [-0.1, -0.05) is 19.9 Å². The summed E-state index contributed by atoms with van der Waals surface area (Å²) in [5.74, 6) is 2.20. The van der Waals surface area contributed by atoms with Crippen molar-refractivity contribution in [3.8, 4) is 0 Å². The molecule has 0 aromatic carbocycles. The Bertz CT molecular complexity index is 391. The highest BCUT2D eigenvalue weighted by Gasteiger charge is 1.98. The van der Waals surface area contributed by atoms with Crippen LogP contribution in [0, 0.1) is 5.92 Å². The average Bonchev–Trinajstić information content (AvgIpc) is 2.41. The molecule has 0 bridgehead atoms. The van der Waals surface area contributed by atoms with Crippen molar-refractivity contribution < 1.29 is 0 Å². The molecule has 5 nitrogen and oxygen atoms in total. The maximum absolute atomic E-state index is 4.38. The van der Waals surface area contributed by atoms with Gasteiger partial charge in [0.05, 0.1) is 5.84 Å². The molecule has 0 aliphatic rings. The molecule has 0 radical (unpaired) electrons. The number of allylic oxidation sites excluding steroid dienone is 2. The summed E-state index contributed by atoms with van der Waals surface area (Å²) in [7, 11) is 1.75. The maximum Gasteiger partial charge on any atom is 0.200 e. The average molecular weight is 293 g/mol. The molecular weight excluding hydrogens is 262 g/mol. The topological polar surface area (TPSA) is 61.1 Å². The van der Waals surface area contributed by atoms with Crippen molar-refractivity contribution in [1.82, 2.24) is 10.6 Å². The molecule has 0 fully saturated rings. The second-order valence-corrected chi connectivity index (χ2v) is 5.29. The van der Waals surface area contributed by atoms with Crippen molar-refractivity contribution in [3.63, 3.8) is 0 Å². The van der Waals surface area contributed by atoms with Gasteiger partial charge in [-0.05, 0) is 45.7 Å². The van der Waals surface area contributed by atoms with Gasteiger partial charge in [0.2, 0.25) is 5.96 Å². The zero-order valence-corrected chi connectivity index (χ0v) is 14.4. The molecular formula is C16H31N5. The molecule has 0 unspecified atom stereocenters. The Balaban J connectivity index is 4.14. The fourth-order valence-electron chi connectivity index (χ4n) is 1.58. The van der Waals surface area contributed by atoms with Gasteiger partial charge < -0.3 is 10.6 Å². The van der Waals surface area contributed by atoms with E-state index in [-0.39, 0.29) is 0 Å². The fourth-order valence-corrected chi connectivity index (χ4v) is 1.58. The van der Waals surface area contributed by atoms with Crippen LogP contribution < -0.4 is 10.6 Å². The third-order valence-electron chi connectivity index (χ3n) is 2.58. The van der Waals surface area contributed by atoms with E-state index in [0.29, 0.717) is 11.9 Å². The number of amidine groups is 1. The third-order valence-corrected chi connectivity index (χ3v) is 2.58.